The van der Waals surface area contributed by atoms with Crippen molar-refractivity contribution in [2.24, 2.45) is 13.0 Å². The minimum absolute atomic E-state index is 0.0381. The summed E-state index contributed by atoms with van der Waals surface area (Å²) in [4.78, 5) is 12.4. The number of amides is 1. The molecule has 8 heteroatoms. The van der Waals surface area contributed by atoms with Gasteiger partial charge < -0.3 is 19.4 Å². The third-order valence-electron chi connectivity index (χ3n) is 4.12. The number of aromatic nitrogens is 3. The highest BCUT2D eigenvalue weighted by Gasteiger charge is 2.21. The molecule has 1 aliphatic rings. The van der Waals surface area contributed by atoms with Crippen LogP contribution in [0.5, 0.6) is 11.5 Å². The minimum atomic E-state index is -0.0975. The lowest BCUT2D eigenvalue weighted by molar-refractivity contribution is -0.119. The van der Waals surface area contributed by atoms with E-state index in [9.17, 15) is 4.79 Å². The number of thioether (sulfide) groups is 1. The fourth-order valence-electron chi connectivity index (χ4n) is 2.76. The highest BCUT2D eigenvalue weighted by Crippen LogP contribution is 2.34. The van der Waals surface area contributed by atoms with E-state index in [1.807, 2.05) is 25.2 Å². The van der Waals surface area contributed by atoms with E-state index in [0.717, 1.165) is 28.6 Å². The number of hydrogen-bond acceptors (Lipinski definition) is 6. The highest BCUT2D eigenvalue weighted by molar-refractivity contribution is 7.99. The van der Waals surface area contributed by atoms with E-state index >= 15 is 0 Å². The molecule has 1 atom stereocenters. The SMILES string of the molecule is CC(C)[C@@H](NC(=O)CSc1nncn1C)c1ccc2c(c1)OCCCO2. The van der Waals surface area contributed by atoms with Gasteiger partial charge in [-0.25, -0.2) is 0 Å². The second kappa shape index (κ2) is 8.44. The van der Waals surface area contributed by atoms with Crippen LogP contribution in [0.25, 0.3) is 0 Å². The van der Waals surface area contributed by atoms with Crippen LogP contribution in [0.4, 0.5) is 0 Å². The summed E-state index contributed by atoms with van der Waals surface area (Å²) in [6.07, 6.45) is 2.49. The van der Waals surface area contributed by atoms with Crippen LogP contribution in [0, 0.1) is 5.92 Å². The van der Waals surface area contributed by atoms with E-state index < -0.39 is 0 Å². The number of aryl methyl sites for hydroxylation is 1. The molecule has 140 valence electrons. The van der Waals surface area contributed by atoms with Gasteiger partial charge in [-0.3, -0.25) is 4.79 Å². The van der Waals surface area contributed by atoms with Crippen molar-refractivity contribution < 1.29 is 14.3 Å². The predicted molar refractivity (Wildman–Crippen MR) is 99.5 cm³/mol. The Bertz CT molecular complexity index is 763. The highest BCUT2D eigenvalue weighted by atomic mass is 32.2. The van der Waals surface area contributed by atoms with E-state index in [4.69, 9.17) is 9.47 Å². The zero-order valence-corrected chi connectivity index (χ0v) is 16.1. The molecule has 3 rings (SSSR count). The number of hydrogen-bond donors (Lipinski definition) is 1. The third kappa shape index (κ3) is 4.49. The average Bonchev–Trinajstić information content (AvgIpc) is 2.89. The second-order valence-electron chi connectivity index (χ2n) is 6.56. The summed E-state index contributed by atoms with van der Waals surface area (Å²) in [5.41, 5.74) is 1.02. The normalized spacial score (nSPS) is 14.8. The molecule has 0 radical (unpaired) electrons. The van der Waals surface area contributed by atoms with E-state index in [1.165, 1.54) is 11.8 Å². The van der Waals surface area contributed by atoms with Gasteiger partial charge in [0.1, 0.15) is 6.33 Å². The molecule has 0 spiro atoms. The van der Waals surface area contributed by atoms with Crippen LogP contribution in [-0.4, -0.2) is 39.6 Å². The molecule has 1 aromatic heterocycles. The summed E-state index contributed by atoms with van der Waals surface area (Å²) in [5, 5.41) is 11.6. The number of fused-ring (bicyclic) bond motifs is 1. The number of carbonyl (C=O) groups is 1. The van der Waals surface area contributed by atoms with Crippen molar-refractivity contribution in [2.75, 3.05) is 19.0 Å². The maximum absolute atomic E-state index is 12.4. The first-order valence-corrected chi connectivity index (χ1v) is 9.69. The van der Waals surface area contributed by atoms with Crippen molar-refractivity contribution in [1.29, 1.82) is 0 Å². The van der Waals surface area contributed by atoms with Gasteiger partial charge in [0.05, 0.1) is 25.0 Å². The van der Waals surface area contributed by atoms with Crippen molar-refractivity contribution in [3.8, 4) is 11.5 Å². The summed E-state index contributed by atoms with van der Waals surface area (Å²) in [6, 6.07) is 5.79. The summed E-state index contributed by atoms with van der Waals surface area (Å²) >= 11 is 1.37. The fourth-order valence-corrected chi connectivity index (χ4v) is 3.46. The largest absolute Gasteiger partial charge is 0.490 e. The van der Waals surface area contributed by atoms with E-state index in [2.05, 4.69) is 29.4 Å². The van der Waals surface area contributed by atoms with Gasteiger partial charge in [-0.1, -0.05) is 31.7 Å². The molecule has 0 saturated carbocycles. The van der Waals surface area contributed by atoms with Gasteiger partial charge in [0.15, 0.2) is 16.7 Å². The minimum Gasteiger partial charge on any atom is -0.490 e. The molecule has 0 fully saturated rings. The standard InChI is InChI=1S/C18H24N4O3S/c1-12(2)17(20-16(23)10-26-18-21-19-11-22(18)3)13-5-6-14-15(9-13)25-8-4-7-24-14/h5-6,9,11-12,17H,4,7-8,10H2,1-3H3,(H,20,23)/t17-/m1/s1. The number of ether oxygens (including phenoxy) is 2. The van der Waals surface area contributed by atoms with Crippen LogP contribution in [0.15, 0.2) is 29.7 Å². The number of nitrogens with zero attached hydrogens (tertiary/aromatic N) is 3. The lowest BCUT2D eigenvalue weighted by atomic mass is 9.95. The smallest absolute Gasteiger partial charge is 0.230 e. The molecule has 2 aromatic rings. The van der Waals surface area contributed by atoms with Gasteiger partial charge in [0, 0.05) is 13.5 Å². The number of carbonyl (C=O) groups excluding carboxylic acids is 1. The summed E-state index contributed by atoms with van der Waals surface area (Å²) in [5.74, 6) is 2.00. The molecule has 1 aliphatic heterocycles. The molecule has 7 nitrogen and oxygen atoms in total. The lowest BCUT2D eigenvalue weighted by Gasteiger charge is -2.23. The van der Waals surface area contributed by atoms with Crippen LogP contribution in [0.3, 0.4) is 0 Å². The molecule has 0 saturated heterocycles. The van der Waals surface area contributed by atoms with Gasteiger partial charge in [-0.15, -0.1) is 10.2 Å². The maximum Gasteiger partial charge on any atom is 0.230 e. The van der Waals surface area contributed by atoms with Crippen LogP contribution < -0.4 is 14.8 Å². The van der Waals surface area contributed by atoms with Crippen molar-refractivity contribution in [3.63, 3.8) is 0 Å². The Hall–Kier alpha value is -2.22. The van der Waals surface area contributed by atoms with E-state index in [0.29, 0.717) is 19.0 Å². The van der Waals surface area contributed by atoms with Crippen molar-refractivity contribution in [1.82, 2.24) is 20.1 Å². The Kier molecular flexibility index (Phi) is 6.03. The molecule has 1 aromatic carbocycles. The van der Waals surface area contributed by atoms with Crippen LogP contribution in [0.2, 0.25) is 0 Å². The zero-order valence-electron chi connectivity index (χ0n) is 15.3. The summed E-state index contributed by atoms with van der Waals surface area (Å²) < 4.78 is 13.3. The zero-order chi connectivity index (χ0) is 18.5. The van der Waals surface area contributed by atoms with Crippen molar-refractivity contribution >= 4 is 17.7 Å². The third-order valence-corrected chi connectivity index (χ3v) is 5.15. The van der Waals surface area contributed by atoms with Gasteiger partial charge in [-0.05, 0) is 23.6 Å². The number of benzene rings is 1. The second-order valence-corrected chi connectivity index (χ2v) is 7.50. The first kappa shape index (κ1) is 18.6. The Labute approximate surface area is 157 Å². The number of rotatable bonds is 6. The Morgan fingerprint density at radius 1 is 1.31 bits per heavy atom. The fraction of sp³-hybridized carbons (Fsp3) is 0.500. The van der Waals surface area contributed by atoms with Crippen LogP contribution in [-0.2, 0) is 11.8 Å². The monoisotopic (exact) mass is 376 g/mol. The Morgan fingerprint density at radius 2 is 2.08 bits per heavy atom. The molecule has 26 heavy (non-hydrogen) atoms. The van der Waals surface area contributed by atoms with E-state index in [-0.39, 0.29) is 17.9 Å². The summed E-state index contributed by atoms with van der Waals surface area (Å²) in [6.45, 7) is 5.48. The molecule has 0 bridgehead atoms. The van der Waals surface area contributed by atoms with Gasteiger partial charge in [0.25, 0.3) is 0 Å². The molecular weight excluding hydrogens is 352 g/mol. The van der Waals surface area contributed by atoms with Crippen LogP contribution >= 0.6 is 11.8 Å². The molecule has 1 amide bonds. The average molecular weight is 376 g/mol. The Balaban J connectivity index is 1.68. The molecular formula is C18H24N4O3S. The maximum atomic E-state index is 12.4. The topological polar surface area (TPSA) is 78.3 Å². The molecule has 1 N–H and O–H groups in total. The van der Waals surface area contributed by atoms with Crippen LogP contribution in [0.1, 0.15) is 31.9 Å². The Morgan fingerprint density at radius 3 is 2.77 bits per heavy atom. The lowest BCUT2D eigenvalue weighted by Crippen LogP contribution is -2.33. The van der Waals surface area contributed by atoms with Crippen molar-refractivity contribution in [2.45, 2.75) is 31.5 Å². The van der Waals surface area contributed by atoms with Gasteiger partial charge in [-0.2, -0.15) is 0 Å². The first-order chi connectivity index (χ1) is 12.5. The quantitative estimate of drug-likeness (QED) is 0.781. The molecule has 0 unspecified atom stereocenters. The first-order valence-electron chi connectivity index (χ1n) is 8.70. The predicted octanol–water partition coefficient (Wildman–Crippen LogP) is 2.58. The van der Waals surface area contributed by atoms with Gasteiger partial charge >= 0.3 is 0 Å². The van der Waals surface area contributed by atoms with Gasteiger partial charge in [0.2, 0.25) is 5.91 Å². The van der Waals surface area contributed by atoms with Crippen molar-refractivity contribution in [3.05, 3.63) is 30.1 Å². The molecule has 2 heterocycles. The number of nitrogens with one attached hydrogen (secondary N) is 1. The summed E-state index contributed by atoms with van der Waals surface area (Å²) in [7, 11) is 1.86. The molecule has 0 aliphatic carbocycles. The van der Waals surface area contributed by atoms with E-state index in [1.54, 1.807) is 10.9 Å².